The topological polar surface area (TPSA) is 84.7 Å². The van der Waals surface area contributed by atoms with Crippen LogP contribution in [0.5, 0.6) is 0 Å². The number of carboxylic acid groups (broad SMARTS) is 1. The maximum Gasteiger partial charge on any atom is 0.334 e. The number of amides is 1. The van der Waals surface area contributed by atoms with Crippen molar-refractivity contribution in [3.05, 3.63) is 16.4 Å². The summed E-state index contributed by atoms with van der Waals surface area (Å²) in [5.74, 6) is -1.38. The highest BCUT2D eigenvalue weighted by molar-refractivity contribution is 6.33. The first-order valence-corrected chi connectivity index (χ1v) is 6.70. The Kier molecular flexibility index (Phi) is 4.29. The Morgan fingerprint density at radius 2 is 2.25 bits per heavy atom. The standard InChI is InChI=1S/C12H16ClN3O4/c1-3-16-10(13)9(7(2)14-16)11(17)15-4-5-20-8(6-15)12(18)19/h8H,3-6H2,1-2H3,(H,18,19)/t8-/m1/s1. The van der Waals surface area contributed by atoms with Gasteiger partial charge in [0.25, 0.3) is 5.91 Å². The van der Waals surface area contributed by atoms with Gasteiger partial charge in [0.15, 0.2) is 6.10 Å². The summed E-state index contributed by atoms with van der Waals surface area (Å²) in [7, 11) is 0. The van der Waals surface area contributed by atoms with Crippen molar-refractivity contribution in [3.63, 3.8) is 0 Å². The van der Waals surface area contributed by atoms with Crippen LogP contribution in [0.15, 0.2) is 0 Å². The van der Waals surface area contributed by atoms with Crippen LogP contribution in [0.25, 0.3) is 0 Å². The molecule has 0 bridgehead atoms. The van der Waals surface area contributed by atoms with E-state index in [-0.39, 0.29) is 24.2 Å². The van der Waals surface area contributed by atoms with Crippen LogP contribution in [0.2, 0.25) is 5.15 Å². The first-order valence-electron chi connectivity index (χ1n) is 6.32. The highest BCUT2D eigenvalue weighted by atomic mass is 35.5. The van der Waals surface area contributed by atoms with Gasteiger partial charge in [-0.1, -0.05) is 11.6 Å². The Morgan fingerprint density at radius 1 is 1.55 bits per heavy atom. The molecule has 2 heterocycles. The quantitative estimate of drug-likeness (QED) is 0.892. The highest BCUT2D eigenvalue weighted by Gasteiger charge is 2.32. The molecule has 8 heteroatoms. The fourth-order valence-corrected chi connectivity index (χ4v) is 2.52. The van der Waals surface area contributed by atoms with E-state index in [1.54, 1.807) is 11.6 Å². The predicted octanol–water partition coefficient (Wildman–Crippen LogP) is 0.790. The van der Waals surface area contributed by atoms with Gasteiger partial charge in [-0.05, 0) is 13.8 Å². The van der Waals surface area contributed by atoms with E-state index in [4.69, 9.17) is 21.4 Å². The maximum atomic E-state index is 12.5. The summed E-state index contributed by atoms with van der Waals surface area (Å²) in [5.41, 5.74) is 0.875. The van der Waals surface area contributed by atoms with Crippen LogP contribution in [0.4, 0.5) is 0 Å². The molecule has 1 fully saturated rings. The second-order valence-corrected chi connectivity index (χ2v) is 4.87. The maximum absolute atomic E-state index is 12.5. The monoisotopic (exact) mass is 301 g/mol. The molecule has 1 aliphatic heterocycles. The third-order valence-corrected chi connectivity index (χ3v) is 3.59. The number of halogens is 1. The van der Waals surface area contributed by atoms with Gasteiger partial charge in [0, 0.05) is 13.1 Å². The molecule has 20 heavy (non-hydrogen) atoms. The number of carboxylic acids is 1. The summed E-state index contributed by atoms with van der Waals surface area (Å²) in [4.78, 5) is 24.9. The van der Waals surface area contributed by atoms with Gasteiger partial charge in [-0.2, -0.15) is 5.10 Å². The zero-order valence-corrected chi connectivity index (χ0v) is 12.1. The number of rotatable bonds is 3. The lowest BCUT2D eigenvalue weighted by Gasteiger charge is -2.30. The molecule has 0 saturated carbocycles. The molecule has 110 valence electrons. The van der Waals surface area contributed by atoms with Gasteiger partial charge in [-0.25, -0.2) is 4.79 Å². The summed E-state index contributed by atoms with van der Waals surface area (Å²) in [6.07, 6.45) is -0.993. The van der Waals surface area contributed by atoms with Gasteiger partial charge in [-0.3, -0.25) is 9.48 Å². The van der Waals surface area contributed by atoms with Gasteiger partial charge >= 0.3 is 5.97 Å². The summed E-state index contributed by atoms with van der Waals surface area (Å²) < 4.78 is 6.64. The Morgan fingerprint density at radius 3 is 2.80 bits per heavy atom. The van der Waals surface area contributed by atoms with Gasteiger partial charge in [0.1, 0.15) is 5.15 Å². The number of nitrogens with zero attached hydrogens (tertiary/aromatic N) is 3. The van der Waals surface area contributed by atoms with Crippen molar-refractivity contribution in [1.82, 2.24) is 14.7 Å². The van der Waals surface area contributed by atoms with E-state index in [0.29, 0.717) is 24.3 Å². The number of hydrogen-bond acceptors (Lipinski definition) is 4. The summed E-state index contributed by atoms with van der Waals surface area (Å²) >= 11 is 6.15. The van der Waals surface area contributed by atoms with Crippen LogP contribution in [0.1, 0.15) is 23.0 Å². The van der Waals surface area contributed by atoms with Crippen LogP contribution in [-0.2, 0) is 16.1 Å². The van der Waals surface area contributed by atoms with Crippen molar-refractivity contribution >= 4 is 23.5 Å². The smallest absolute Gasteiger partial charge is 0.334 e. The lowest BCUT2D eigenvalue weighted by molar-refractivity contribution is -0.154. The molecular formula is C12H16ClN3O4. The number of aliphatic carboxylic acids is 1. The predicted molar refractivity (Wildman–Crippen MR) is 70.9 cm³/mol. The van der Waals surface area contributed by atoms with Gasteiger partial charge in [0.2, 0.25) is 0 Å². The minimum absolute atomic E-state index is 0.0151. The SMILES string of the molecule is CCn1nc(C)c(C(=O)N2CCO[C@@H](C(=O)O)C2)c1Cl. The molecule has 0 aromatic carbocycles. The van der Waals surface area contributed by atoms with Crippen LogP contribution < -0.4 is 0 Å². The van der Waals surface area contributed by atoms with Crippen LogP contribution in [-0.4, -0.2) is 57.5 Å². The van der Waals surface area contributed by atoms with E-state index >= 15 is 0 Å². The van der Waals surface area contributed by atoms with Crippen LogP contribution >= 0.6 is 11.6 Å². The minimum Gasteiger partial charge on any atom is -0.479 e. The van der Waals surface area contributed by atoms with Gasteiger partial charge < -0.3 is 14.7 Å². The van der Waals surface area contributed by atoms with E-state index in [2.05, 4.69) is 5.10 Å². The second kappa shape index (κ2) is 5.80. The fourth-order valence-electron chi connectivity index (χ4n) is 2.15. The fraction of sp³-hybridized carbons (Fsp3) is 0.583. The zero-order chi connectivity index (χ0) is 14.9. The number of ether oxygens (including phenoxy) is 1. The average molecular weight is 302 g/mol. The van der Waals surface area contributed by atoms with Crippen LogP contribution in [0, 0.1) is 6.92 Å². The normalized spacial score (nSPS) is 19.1. The number of hydrogen-bond donors (Lipinski definition) is 1. The Balaban J connectivity index is 2.23. The third-order valence-electron chi connectivity index (χ3n) is 3.21. The van der Waals surface area contributed by atoms with E-state index in [1.807, 2.05) is 6.92 Å². The summed E-state index contributed by atoms with van der Waals surface area (Å²) in [6.45, 7) is 4.70. The summed E-state index contributed by atoms with van der Waals surface area (Å²) in [6, 6.07) is 0. The van der Waals surface area contributed by atoms with E-state index < -0.39 is 12.1 Å². The zero-order valence-electron chi connectivity index (χ0n) is 11.3. The highest BCUT2D eigenvalue weighted by Crippen LogP contribution is 2.22. The lowest BCUT2D eigenvalue weighted by Crippen LogP contribution is -2.48. The molecule has 1 aliphatic rings. The van der Waals surface area contributed by atoms with Crippen molar-refractivity contribution in [1.29, 1.82) is 0 Å². The molecule has 1 saturated heterocycles. The molecule has 1 N–H and O–H groups in total. The molecule has 1 atom stereocenters. The number of aromatic nitrogens is 2. The lowest BCUT2D eigenvalue weighted by atomic mass is 10.2. The average Bonchev–Trinajstić information content (AvgIpc) is 2.72. The molecule has 2 rings (SSSR count). The molecule has 0 spiro atoms. The van der Waals surface area contributed by atoms with Crippen molar-refractivity contribution in [2.24, 2.45) is 0 Å². The number of aryl methyl sites for hydroxylation is 2. The molecule has 0 radical (unpaired) electrons. The molecule has 7 nitrogen and oxygen atoms in total. The van der Waals surface area contributed by atoms with Crippen molar-refractivity contribution in [3.8, 4) is 0 Å². The van der Waals surface area contributed by atoms with E-state index in [0.717, 1.165) is 0 Å². The third kappa shape index (κ3) is 2.64. The van der Waals surface area contributed by atoms with E-state index in [1.165, 1.54) is 4.90 Å². The Bertz CT molecular complexity index is 543. The second-order valence-electron chi connectivity index (χ2n) is 4.52. The van der Waals surface area contributed by atoms with Crippen LogP contribution in [0.3, 0.4) is 0 Å². The molecule has 1 aromatic rings. The number of carbonyl (C=O) groups excluding carboxylic acids is 1. The Hall–Kier alpha value is -1.60. The molecule has 1 aromatic heterocycles. The summed E-state index contributed by atoms with van der Waals surface area (Å²) in [5, 5.41) is 13.4. The van der Waals surface area contributed by atoms with Gasteiger partial charge in [0.05, 0.1) is 24.4 Å². The van der Waals surface area contributed by atoms with Crippen molar-refractivity contribution < 1.29 is 19.4 Å². The van der Waals surface area contributed by atoms with E-state index in [9.17, 15) is 9.59 Å². The largest absolute Gasteiger partial charge is 0.479 e. The first-order chi connectivity index (χ1) is 9.45. The van der Waals surface area contributed by atoms with Crippen molar-refractivity contribution in [2.45, 2.75) is 26.5 Å². The van der Waals surface area contributed by atoms with Gasteiger partial charge in [-0.15, -0.1) is 0 Å². The minimum atomic E-state index is -1.07. The Labute approximate surface area is 121 Å². The number of morpholine rings is 1. The number of carbonyl (C=O) groups is 2. The molecular weight excluding hydrogens is 286 g/mol. The molecule has 1 amide bonds. The first kappa shape index (κ1) is 14.8. The molecule has 0 aliphatic carbocycles. The molecule has 0 unspecified atom stereocenters. The van der Waals surface area contributed by atoms with Crippen molar-refractivity contribution in [2.75, 3.05) is 19.7 Å².